The molecule has 2 heterocycles. The van der Waals surface area contributed by atoms with Gasteiger partial charge in [0.05, 0.1) is 12.8 Å². The summed E-state index contributed by atoms with van der Waals surface area (Å²) < 4.78 is 7.07. The topological polar surface area (TPSA) is 55.9 Å². The Bertz CT molecular complexity index is 404. The average Bonchev–Trinajstić information content (AvgIpc) is 2.77. The first-order chi connectivity index (χ1) is 6.77. The Kier molecular flexibility index (Phi) is 2.22. The Labute approximate surface area is 81.8 Å². The van der Waals surface area contributed by atoms with Crippen LogP contribution in [0.15, 0.2) is 22.8 Å². The molecule has 0 amide bonds. The number of rotatable bonds is 3. The van der Waals surface area contributed by atoms with Crippen LogP contribution in [0.5, 0.6) is 0 Å². The molecular formula is C9H12N4O. The molecule has 0 aliphatic rings. The van der Waals surface area contributed by atoms with Crippen molar-refractivity contribution in [1.29, 1.82) is 0 Å². The molecule has 0 atom stereocenters. The van der Waals surface area contributed by atoms with Crippen molar-refractivity contribution in [1.82, 2.24) is 14.8 Å². The van der Waals surface area contributed by atoms with Crippen LogP contribution in [0.3, 0.4) is 0 Å². The van der Waals surface area contributed by atoms with Crippen LogP contribution in [0.1, 0.15) is 11.6 Å². The molecule has 1 N–H and O–H groups in total. The number of nitrogens with one attached hydrogen (secondary N) is 1. The molecule has 2 aromatic rings. The highest BCUT2D eigenvalue weighted by Crippen LogP contribution is 2.06. The monoisotopic (exact) mass is 192 g/mol. The Morgan fingerprint density at radius 1 is 1.50 bits per heavy atom. The highest BCUT2D eigenvalue weighted by molar-refractivity contribution is 5.25. The molecular weight excluding hydrogens is 180 g/mol. The summed E-state index contributed by atoms with van der Waals surface area (Å²) in [6.07, 6.45) is 1.65. The number of hydrogen-bond donors (Lipinski definition) is 1. The lowest BCUT2D eigenvalue weighted by Crippen LogP contribution is -2.04. The predicted molar refractivity (Wildman–Crippen MR) is 51.8 cm³/mol. The fraction of sp³-hybridized carbons (Fsp3) is 0.333. The molecule has 0 radical (unpaired) electrons. The zero-order valence-electron chi connectivity index (χ0n) is 8.19. The van der Waals surface area contributed by atoms with Crippen LogP contribution in [-0.4, -0.2) is 14.8 Å². The van der Waals surface area contributed by atoms with Crippen molar-refractivity contribution in [2.45, 2.75) is 13.5 Å². The van der Waals surface area contributed by atoms with Crippen molar-refractivity contribution in [3.8, 4) is 0 Å². The van der Waals surface area contributed by atoms with E-state index in [0.29, 0.717) is 6.54 Å². The first-order valence-electron chi connectivity index (χ1n) is 4.39. The molecule has 5 nitrogen and oxygen atoms in total. The quantitative estimate of drug-likeness (QED) is 0.797. The number of hydrogen-bond acceptors (Lipinski definition) is 4. The summed E-state index contributed by atoms with van der Waals surface area (Å²) in [4.78, 5) is 0. The SMILES string of the molecule is Cc1nnc(NCc2ccco2)n1C. The Hall–Kier alpha value is -1.78. The van der Waals surface area contributed by atoms with Crippen molar-refractivity contribution < 1.29 is 4.42 Å². The van der Waals surface area contributed by atoms with Crippen LogP contribution in [-0.2, 0) is 13.6 Å². The molecule has 0 saturated heterocycles. The van der Waals surface area contributed by atoms with Crippen molar-refractivity contribution >= 4 is 5.95 Å². The number of aryl methyl sites for hydroxylation is 1. The molecule has 2 rings (SSSR count). The molecule has 0 aromatic carbocycles. The third kappa shape index (κ3) is 1.61. The molecule has 0 fully saturated rings. The summed E-state index contributed by atoms with van der Waals surface area (Å²) in [5.74, 6) is 2.51. The van der Waals surface area contributed by atoms with Crippen molar-refractivity contribution in [2.24, 2.45) is 7.05 Å². The van der Waals surface area contributed by atoms with Gasteiger partial charge in [0.15, 0.2) is 0 Å². The van der Waals surface area contributed by atoms with Crippen molar-refractivity contribution in [3.05, 3.63) is 30.0 Å². The first kappa shape index (κ1) is 8.80. The summed E-state index contributed by atoms with van der Waals surface area (Å²) in [5.41, 5.74) is 0. The predicted octanol–water partition coefficient (Wildman–Crippen LogP) is 1.33. The summed E-state index contributed by atoms with van der Waals surface area (Å²) in [6.45, 7) is 2.53. The molecule has 0 aliphatic carbocycles. The van der Waals surface area contributed by atoms with Gasteiger partial charge in [0.1, 0.15) is 11.6 Å². The van der Waals surface area contributed by atoms with Gasteiger partial charge in [-0.3, -0.25) is 0 Å². The Balaban J connectivity index is 2.02. The smallest absolute Gasteiger partial charge is 0.224 e. The van der Waals surface area contributed by atoms with Gasteiger partial charge < -0.3 is 14.3 Å². The van der Waals surface area contributed by atoms with Gasteiger partial charge in [0.2, 0.25) is 5.95 Å². The van der Waals surface area contributed by atoms with Crippen LogP contribution >= 0.6 is 0 Å². The molecule has 2 aromatic heterocycles. The fourth-order valence-corrected chi connectivity index (χ4v) is 1.14. The van der Waals surface area contributed by atoms with E-state index in [1.165, 1.54) is 0 Å². The van der Waals surface area contributed by atoms with E-state index in [-0.39, 0.29) is 0 Å². The summed E-state index contributed by atoms with van der Waals surface area (Å²) in [6, 6.07) is 3.77. The minimum atomic E-state index is 0.624. The van der Waals surface area contributed by atoms with E-state index in [4.69, 9.17) is 4.42 Å². The van der Waals surface area contributed by atoms with Gasteiger partial charge >= 0.3 is 0 Å². The number of aromatic nitrogens is 3. The van der Waals surface area contributed by atoms with Gasteiger partial charge in [-0.15, -0.1) is 10.2 Å². The Morgan fingerprint density at radius 2 is 2.36 bits per heavy atom. The highest BCUT2D eigenvalue weighted by Gasteiger charge is 2.04. The summed E-state index contributed by atoms with van der Waals surface area (Å²) in [5, 5.41) is 11.0. The number of nitrogens with zero attached hydrogens (tertiary/aromatic N) is 3. The third-order valence-electron chi connectivity index (χ3n) is 2.09. The maximum atomic E-state index is 5.18. The molecule has 0 aliphatic heterocycles. The zero-order valence-corrected chi connectivity index (χ0v) is 8.19. The second-order valence-electron chi connectivity index (χ2n) is 3.06. The molecule has 74 valence electrons. The zero-order chi connectivity index (χ0) is 9.97. The number of anilines is 1. The Morgan fingerprint density at radius 3 is 2.93 bits per heavy atom. The van der Waals surface area contributed by atoms with Gasteiger partial charge in [-0.2, -0.15) is 0 Å². The van der Waals surface area contributed by atoms with Gasteiger partial charge in [-0.05, 0) is 19.1 Å². The van der Waals surface area contributed by atoms with E-state index in [2.05, 4.69) is 15.5 Å². The minimum absolute atomic E-state index is 0.624. The van der Waals surface area contributed by atoms with Gasteiger partial charge in [-0.25, -0.2) is 0 Å². The van der Waals surface area contributed by atoms with Crippen LogP contribution in [0, 0.1) is 6.92 Å². The van der Waals surface area contributed by atoms with Gasteiger partial charge in [0.25, 0.3) is 0 Å². The normalized spacial score (nSPS) is 10.4. The molecule has 0 spiro atoms. The van der Waals surface area contributed by atoms with Crippen LogP contribution in [0.2, 0.25) is 0 Å². The van der Waals surface area contributed by atoms with E-state index < -0.39 is 0 Å². The molecule has 14 heavy (non-hydrogen) atoms. The first-order valence-corrected chi connectivity index (χ1v) is 4.39. The lowest BCUT2D eigenvalue weighted by atomic mass is 10.4. The summed E-state index contributed by atoms with van der Waals surface area (Å²) in [7, 11) is 1.92. The highest BCUT2D eigenvalue weighted by atomic mass is 16.3. The molecule has 0 unspecified atom stereocenters. The van der Waals surface area contributed by atoms with Crippen LogP contribution in [0.4, 0.5) is 5.95 Å². The van der Waals surface area contributed by atoms with E-state index in [1.807, 2.05) is 30.7 Å². The van der Waals surface area contributed by atoms with E-state index in [0.717, 1.165) is 17.5 Å². The van der Waals surface area contributed by atoms with Crippen molar-refractivity contribution in [2.75, 3.05) is 5.32 Å². The second kappa shape index (κ2) is 3.53. The minimum Gasteiger partial charge on any atom is -0.467 e. The lowest BCUT2D eigenvalue weighted by Gasteiger charge is -2.02. The fourth-order valence-electron chi connectivity index (χ4n) is 1.14. The molecule has 0 saturated carbocycles. The second-order valence-corrected chi connectivity index (χ2v) is 3.06. The van der Waals surface area contributed by atoms with Gasteiger partial charge in [0, 0.05) is 7.05 Å². The van der Waals surface area contributed by atoms with E-state index in [9.17, 15) is 0 Å². The van der Waals surface area contributed by atoms with Gasteiger partial charge in [-0.1, -0.05) is 0 Å². The summed E-state index contributed by atoms with van der Waals surface area (Å²) >= 11 is 0. The van der Waals surface area contributed by atoms with E-state index in [1.54, 1.807) is 6.26 Å². The maximum Gasteiger partial charge on any atom is 0.224 e. The molecule has 0 bridgehead atoms. The van der Waals surface area contributed by atoms with Crippen LogP contribution < -0.4 is 5.32 Å². The largest absolute Gasteiger partial charge is 0.467 e. The third-order valence-corrected chi connectivity index (χ3v) is 2.09. The standard InChI is InChI=1S/C9H12N4O/c1-7-11-12-9(13(7)2)10-6-8-4-3-5-14-8/h3-5H,6H2,1-2H3,(H,10,12). The average molecular weight is 192 g/mol. The van der Waals surface area contributed by atoms with Crippen LogP contribution in [0.25, 0.3) is 0 Å². The van der Waals surface area contributed by atoms with Crippen molar-refractivity contribution in [3.63, 3.8) is 0 Å². The lowest BCUT2D eigenvalue weighted by molar-refractivity contribution is 0.517. The molecule has 5 heteroatoms. The van der Waals surface area contributed by atoms with E-state index >= 15 is 0 Å². The number of furan rings is 1. The maximum absolute atomic E-state index is 5.18.